The maximum atomic E-state index is 3.34. The minimum Gasteiger partial charge on any atom is -0.356 e. The van der Waals surface area contributed by atoms with Crippen molar-refractivity contribution in [2.24, 2.45) is 0 Å². The van der Waals surface area contributed by atoms with Crippen LogP contribution in [0.2, 0.25) is 0 Å². The first-order valence-corrected chi connectivity index (χ1v) is 9.46. The first kappa shape index (κ1) is 19.2. The predicted molar refractivity (Wildman–Crippen MR) is 122 cm³/mol. The van der Waals surface area contributed by atoms with E-state index in [9.17, 15) is 0 Å². The number of benzene rings is 4. The third kappa shape index (κ3) is 6.33. The molecule has 0 spiro atoms. The average Bonchev–Trinajstić information content (AvgIpc) is 2.72. The normalized spacial score (nSPS) is 9.79. The van der Waals surface area contributed by atoms with Gasteiger partial charge in [-0.1, -0.05) is 66.2 Å². The van der Waals surface area contributed by atoms with Gasteiger partial charge in [0.15, 0.2) is 0 Å². The molecule has 0 amide bonds. The van der Waals surface area contributed by atoms with Crippen molar-refractivity contribution in [3.05, 3.63) is 120 Å². The van der Waals surface area contributed by atoms with E-state index >= 15 is 0 Å². The number of hydrogen-bond donors (Lipinski definition) is 2. The Morgan fingerprint density at radius 3 is 1.39 bits per heavy atom. The van der Waals surface area contributed by atoms with Gasteiger partial charge < -0.3 is 10.6 Å². The molecular formula is C26H26N2. The van der Waals surface area contributed by atoms with Crippen LogP contribution in [-0.2, 0) is 0 Å². The highest BCUT2D eigenvalue weighted by Gasteiger charge is 1.93. The van der Waals surface area contributed by atoms with Crippen molar-refractivity contribution >= 4 is 22.7 Å². The van der Waals surface area contributed by atoms with Gasteiger partial charge in [-0.3, -0.25) is 0 Å². The third-order valence-electron chi connectivity index (χ3n) is 4.19. The summed E-state index contributed by atoms with van der Waals surface area (Å²) in [6.07, 6.45) is 0. The van der Waals surface area contributed by atoms with Crippen LogP contribution < -0.4 is 10.6 Å². The molecular weight excluding hydrogens is 340 g/mol. The second-order valence-corrected chi connectivity index (χ2v) is 6.72. The summed E-state index contributed by atoms with van der Waals surface area (Å²) in [6.45, 7) is 4.18. The standard InChI is InChI=1S/2C13H13N/c1-11-6-5-9-13(10-11)14-12-7-3-2-4-8-12;1-11-7-9-13(10-8-11)14-12-5-3-2-4-6-12/h2*2-10,14H,1H3. The Morgan fingerprint density at radius 1 is 0.393 bits per heavy atom. The van der Waals surface area contributed by atoms with Crippen molar-refractivity contribution < 1.29 is 0 Å². The molecule has 28 heavy (non-hydrogen) atoms. The monoisotopic (exact) mass is 366 g/mol. The average molecular weight is 367 g/mol. The maximum absolute atomic E-state index is 3.34. The van der Waals surface area contributed by atoms with E-state index in [4.69, 9.17) is 0 Å². The van der Waals surface area contributed by atoms with Crippen LogP contribution in [0.4, 0.5) is 22.7 Å². The molecule has 4 aromatic carbocycles. The SMILES string of the molecule is Cc1ccc(Nc2ccccc2)cc1.Cc1cccc(Nc2ccccc2)c1. The number of anilines is 4. The van der Waals surface area contributed by atoms with Crippen LogP contribution in [0.3, 0.4) is 0 Å². The number of nitrogens with one attached hydrogen (secondary N) is 2. The summed E-state index contributed by atoms with van der Waals surface area (Å²) >= 11 is 0. The van der Waals surface area contributed by atoms with Crippen molar-refractivity contribution in [1.29, 1.82) is 0 Å². The zero-order valence-corrected chi connectivity index (χ0v) is 16.4. The molecule has 0 atom stereocenters. The van der Waals surface area contributed by atoms with Gasteiger partial charge >= 0.3 is 0 Å². The highest BCUT2D eigenvalue weighted by atomic mass is 14.9. The van der Waals surface area contributed by atoms with Crippen LogP contribution in [-0.4, -0.2) is 0 Å². The molecule has 0 radical (unpaired) electrons. The largest absolute Gasteiger partial charge is 0.356 e. The van der Waals surface area contributed by atoms with E-state index in [1.165, 1.54) is 11.1 Å². The maximum Gasteiger partial charge on any atom is 0.0386 e. The molecule has 0 aliphatic heterocycles. The Kier molecular flexibility index (Phi) is 6.86. The van der Waals surface area contributed by atoms with Gasteiger partial charge in [0.2, 0.25) is 0 Å². The van der Waals surface area contributed by atoms with E-state index < -0.39 is 0 Å². The van der Waals surface area contributed by atoms with Crippen molar-refractivity contribution in [1.82, 2.24) is 0 Å². The fourth-order valence-electron chi connectivity index (χ4n) is 2.74. The minimum absolute atomic E-state index is 1.12. The molecule has 4 aromatic rings. The number of rotatable bonds is 4. The van der Waals surface area contributed by atoms with E-state index in [1.807, 2.05) is 36.4 Å². The second kappa shape index (κ2) is 9.98. The summed E-state index contributed by atoms with van der Waals surface area (Å²) in [5.41, 5.74) is 7.06. The van der Waals surface area contributed by atoms with Crippen molar-refractivity contribution in [3.63, 3.8) is 0 Å². The summed E-state index contributed by atoms with van der Waals surface area (Å²) in [4.78, 5) is 0. The molecule has 0 fully saturated rings. The van der Waals surface area contributed by atoms with Gasteiger partial charge in [0.25, 0.3) is 0 Å². The molecule has 0 aliphatic rings. The van der Waals surface area contributed by atoms with Crippen LogP contribution in [0.15, 0.2) is 109 Å². The summed E-state index contributed by atoms with van der Waals surface area (Å²) in [7, 11) is 0. The third-order valence-corrected chi connectivity index (χ3v) is 4.19. The van der Waals surface area contributed by atoms with Gasteiger partial charge in [-0.05, 0) is 67.9 Å². The molecule has 2 N–H and O–H groups in total. The van der Waals surface area contributed by atoms with Gasteiger partial charge in [0.1, 0.15) is 0 Å². The van der Waals surface area contributed by atoms with Crippen LogP contribution in [0.1, 0.15) is 11.1 Å². The lowest BCUT2D eigenvalue weighted by Crippen LogP contribution is -1.89. The lowest BCUT2D eigenvalue weighted by Gasteiger charge is -2.06. The van der Waals surface area contributed by atoms with E-state index in [0.717, 1.165) is 22.7 Å². The molecule has 0 saturated heterocycles. The molecule has 2 nitrogen and oxygen atoms in total. The fraction of sp³-hybridized carbons (Fsp3) is 0.0769. The summed E-state index contributed by atoms with van der Waals surface area (Å²) in [6, 6.07) is 37.1. The molecule has 0 bridgehead atoms. The van der Waals surface area contributed by atoms with Crippen molar-refractivity contribution in [2.45, 2.75) is 13.8 Å². The Bertz CT molecular complexity index is 962. The van der Waals surface area contributed by atoms with E-state index in [1.54, 1.807) is 0 Å². The van der Waals surface area contributed by atoms with Crippen molar-refractivity contribution in [2.75, 3.05) is 10.6 Å². The molecule has 0 aromatic heterocycles. The number of aryl methyl sites for hydroxylation is 2. The predicted octanol–water partition coefficient (Wildman–Crippen LogP) is 7.48. The second-order valence-electron chi connectivity index (χ2n) is 6.72. The van der Waals surface area contributed by atoms with E-state index in [0.29, 0.717) is 0 Å². The van der Waals surface area contributed by atoms with Crippen LogP contribution in [0.5, 0.6) is 0 Å². The number of hydrogen-bond acceptors (Lipinski definition) is 2. The first-order chi connectivity index (χ1) is 13.7. The highest BCUT2D eigenvalue weighted by Crippen LogP contribution is 2.17. The van der Waals surface area contributed by atoms with E-state index in [2.05, 4.69) is 97.3 Å². The Labute approximate surface area is 167 Å². The zero-order valence-electron chi connectivity index (χ0n) is 16.4. The lowest BCUT2D eigenvalue weighted by molar-refractivity contribution is 1.45. The summed E-state index contributed by atoms with van der Waals surface area (Å²) in [5.74, 6) is 0. The zero-order chi connectivity index (χ0) is 19.6. The van der Waals surface area contributed by atoms with Crippen molar-refractivity contribution in [3.8, 4) is 0 Å². The molecule has 0 unspecified atom stereocenters. The molecule has 0 aliphatic carbocycles. The van der Waals surface area contributed by atoms with Gasteiger partial charge in [-0.15, -0.1) is 0 Å². The number of para-hydroxylation sites is 2. The minimum atomic E-state index is 1.12. The smallest absolute Gasteiger partial charge is 0.0386 e. The molecule has 140 valence electrons. The van der Waals surface area contributed by atoms with E-state index in [-0.39, 0.29) is 0 Å². The molecule has 4 rings (SSSR count). The lowest BCUT2D eigenvalue weighted by atomic mass is 10.2. The van der Waals surface area contributed by atoms with Gasteiger partial charge in [0.05, 0.1) is 0 Å². The molecule has 0 heterocycles. The Hall–Kier alpha value is -3.52. The van der Waals surface area contributed by atoms with Gasteiger partial charge in [-0.2, -0.15) is 0 Å². The Balaban J connectivity index is 0.000000161. The van der Waals surface area contributed by atoms with Gasteiger partial charge in [0, 0.05) is 22.7 Å². The van der Waals surface area contributed by atoms with Crippen LogP contribution in [0, 0.1) is 13.8 Å². The Morgan fingerprint density at radius 2 is 0.857 bits per heavy atom. The summed E-state index contributed by atoms with van der Waals surface area (Å²) < 4.78 is 0. The molecule has 0 saturated carbocycles. The van der Waals surface area contributed by atoms with Crippen LogP contribution in [0.25, 0.3) is 0 Å². The molecule has 2 heteroatoms. The summed E-state index contributed by atoms with van der Waals surface area (Å²) in [5, 5.41) is 6.68. The topological polar surface area (TPSA) is 24.1 Å². The quantitative estimate of drug-likeness (QED) is 0.391. The van der Waals surface area contributed by atoms with Gasteiger partial charge in [-0.25, -0.2) is 0 Å². The fourth-order valence-corrected chi connectivity index (χ4v) is 2.74. The first-order valence-electron chi connectivity index (χ1n) is 9.46. The highest BCUT2D eigenvalue weighted by molar-refractivity contribution is 5.60. The van der Waals surface area contributed by atoms with Crippen LogP contribution >= 0.6 is 0 Å².